The molecule has 3 fully saturated rings. The number of carbonyl (C=O) groups is 8. The van der Waals surface area contributed by atoms with Crippen molar-refractivity contribution in [2.24, 2.45) is 0 Å². The Hall–Kier alpha value is -10.6. The number of nitrogens with one attached hydrogen (secondary N) is 1. The maximum atomic E-state index is 13.9. The van der Waals surface area contributed by atoms with E-state index in [1.165, 1.54) is 49.2 Å². The molecule has 5 amide bonds. The van der Waals surface area contributed by atoms with Gasteiger partial charge < -0.3 is 58.7 Å². The van der Waals surface area contributed by atoms with Crippen LogP contribution >= 0.6 is 0 Å². The number of hydrogen-bond acceptors (Lipinski definition) is 15. The lowest BCUT2D eigenvalue weighted by atomic mass is 9.91. The third-order valence-electron chi connectivity index (χ3n) is 22.4. The first kappa shape index (κ1) is 91.7. The highest BCUT2D eigenvalue weighted by molar-refractivity contribution is 6.03. The summed E-state index contributed by atoms with van der Waals surface area (Å²) >= 11 is 0. The summed E-state index contributed by atoms with van der Waals surface area (Å²) < 4.78 is 157. The van der Waals surface area contributed by atoms with Crippen LogP contribution in [-0.4, -0.2) is 145 Å². The van der Waals surface area contributed by atoms with Crippen LogP contribution in [0.5, 0.6) is 17.2 Å². The van der Waals surface area contributed by atoms with Crippen molar-refractivity contribution >= 4 is 64.9 Å². The standard InChI is InChI=1S/C32H39F3N2O6.C31H37F3N2O6.C26H29F3N2O4/c1-31(2,3)43-30(40)36(4)27(18-28(38)41-5)29(39)37-15-14-22-17-23(11-13-26(22)37)42-19-20-10-12-24(21-8-6-7-9-21)25(16-20)32(33,34)35;1-30(2,3)42-29(40)35(4)26(17-27(37)38)28(39)36-14-13-21-16-22(10-12-25(21)36)41-18-19-9-11-23(20-7-5-6-8-20)24(15-19)31(32,33)34;1-30-22(14-24(32)33)25(34)31-11-10-18-13-19(7-9-23(18)31)35-15-16-6-8-20(17-4-2-3-5-17)21(12-16)26(27,28)29/h10-13,16-17,21,27H,6-9,14-15,18-19H2,1-5H3;9-12,15-16,20,26H,5-8,13-14,17-18H2,1-4H3,(H,37,38);6-9,12-13,17,22,30H,2-5,10-11,14-15H2,1H3,(H,32,33)/t27-;26-;22-/m111/s1. The summed E-state index contributed by atoms with van der Waals surface area (Å²) in [5.41, 5.74) is 3.24. The average molecular weight is 1690 g/mol. The van der Waals surface area contributed by atoms with Crippen LogP contribution in [0.2, 0.25) is 0 Å². The van der Waals surface area contributed by atoms with E-state index in [0.717, 1.165) is 104 Å². The number of likely N-dealkylation sites (N-methyl/N-ethyl adjacent to an activating group) is 3. The summed E-state index contributed by atoms with van der Waals surface area (Å²) in [7, 11) is 5.48. The minimum Gasteiger partial charge on any atom is -0.489 e. The molecule has 120 heavy (non-hydrogen) atoms. The van der Waals surface area contributed by atoms with Crippen LogP contribution in [0, 0.1) is 0 Å². The molecule has 650 valence electrons. The van der Waals surface area contributed by atoms with E-state index in [9.17, 15) is 83.0 Å². The largest absolute Gasteiger partial charge is 0.489 e. The van der Waals surface area contributed by atoms with E-state index in [-0.39, 0.29) is 62.9 Å². The van der Waals surface area contributed by atoms with E-state index < -0.39 is 113 Å². The Morgan fingerprint density at radius 3 is 1.01 bits per heavy atom. The molecule has 6 aliphatic rings. The van der Waals surface area contributed by atoms with Gasteiger partial charge in [0.2, 0.25) is 5.91 Å². The Morgan fingerprint density at radius 2 is 0.733 bits per heavy atom. The fraction of sp³-hybridized carbons (Fsp3) is 0.506. The van der Waals surface area contributed by atoms with Crippen LogP contribution in [0.4, 0.5) is 66.2 Å². The molecule has 0 saturated heterocycles. The van der Waals surface area contributed by atoms with Gasteiger partial charge in [-0.2, -0.15) is 39.5 Å². The fourth-order valence-electron chi connectivity index (χ4n) is 16.3. The summed E-state index contributed by atoms with van der Waals surface area (Å²) in [5, 5.41) is 21.2. The average Bonchev–Trinajstić information content (AvgIpc) is 1.62. The van der Waals surface area contributed by atoms with E-state index in [1.807, 2.05) is 0 Å². The number of benzene rings is 6. The van der Waals surface area contributed by atoms with Gasteiger partial charge >= 0.3 is 48.6 Å². The number of alkyl halides is 9. The number of anilines is 3. The second kappa shape index (κ2) is 38.9. The predicted octanol–water partition coefficient (Wildman–Crippen LogP) is 18.1. The highest BCUT2D eigenvalue weighted by Gasteiger charge is 2.43. The molecule has 0 unspecified atom stereocenters. The minimum atomic E-state index is -4.45. The summed E-state index contributed by atoms with van der Waals surface area (Å²) in [5.74, 6) is -3.07. The summed E-state index contributed by atoms with van der Waals surface area (Å²) in [4.78, 5) is 107. The fourth-order valence-corrected chi connectivity index (χ4v) is 16.3. The van der Waals surface area contributed by atoms with Crippen molar-refractivity contribution in [2.75, 3.05) is 62.6 Å². The third kappa shape index (κ3) is 23.7. The number of esters is 1. The van der Waals surface area contributed by atoms with Gasteiger partial charge in [0.1, 0.15) is 60.4 Å². The molecule has 0 radical (unpaired) electrons. The number of rotatable bonds is 24. The SMILES string of the molecule is CN(C(=O)OC(C)(C)C)[C@H](CC(=O)O)C(=O)N1CCc2cc(OCc3ccc(C4CCCC4)c(C(F)(F)F)c3)ccc21.CN[C@H](CC(=O)O)C(=O)N1CCc2cc(OCc3ccc(C4CCCC4)c(C(F)(F)F)c3)ccc21.COC(=O)C[C@H](C(=O)N1CCc2cc(OCc3ccc(C4CCCC4)c(C(F)(F)F)c3)ccc21)N(C)C(=O)OC(C)(C)C. The molecule has 6 aromatic carbocycles. The Labute approximate surface area is 691 Å². The summed E-state index contributed by atoms with van der Waals surface area (Å²) in [6.07, 6.45) is -4.25. The van der Waals surface area contributed by atoms with Crippen LogP contribution in [0.3, 0.4) is 0 Å². The molecule has 0 aromatic heterocycles. The van der Waals surface area contributed by atoms with Gasteiger partial charge in [-0.05, 0) is 247 Å². The van der Waals surface area contributed by atoms with Crippen LogP contribution in [-0.2, 0) is 101 Å². The van der Waals surface area contributed by atoms with Crippen molar-refractivity contribution in [1.82, 2.24) is 15.1 Å². The monoisotopic (exact) mass is 1680 g/mol. The molecule has 12 rings (SSSR count). The van der Waals surface area contributed by atoms with Gasteiger partial charge in [-0.1, -0.05) is 74.9 Å². The van der Waals surface area contributed by atoms with E-state index in [1.54, 1.807) is 144 Å². The molecule has 6 aromatic rings. The first-order valence-electron chi connectivity index (χ1n) is 40.4. The van der Waals surface area contributed by atoms with Crippen molar-refractivity contribution in [3.63, 3.8) is 0 Å². The number of carboxylic acid groups (broad SMARTS) is 2. The van der Waals surface area contributed by atoms with Gasteiger partial charge in [-0.15, -0.1) is 0 Å². The topological polar surface area (TPSA) is 261 Å². The van der Waals surface area contributed by atoms with Crippen LogP contribution < -0.4 is 34.2 Å². The Balaban J connectivity index is 0.000000190. The molecule has 31 heteroatoms. The number of aliphatic carboxylic acids is 2. The van der Waals surface area contributed by atoms with Crippen LogP contribution in [0.25, 0.3) is 0 Å². The number of hydrogen-bond donors (Lipinski definition) is 3. The highest BCUT2D eigenvalue weighted by atomic mass is 19.4. The quantitative estimate of drug-likeness (QED) is 0.0289. The van der Waals surface area contributed by atoms with Gasteiger partial charge in [0.05, 0.1) is 49.1 Å². The van der Waals surface area contributed by atoms with Crippen molar-refractivity contribution in [2.45, 2.75) is 243 Å². The molecule has 3 N–H and O–H groups in total. The Kier molecular flexibility index (Phi) is 29.7. The number of ether oxygens (including phenoxy) is 6. The molecular weight excluding hydrogens is 1580 g/mol. The van der Waals surface area contributed by atoms with Crippen molar-refractivity contribution in [3.05, 3.63) is 176 Å². The van der Waals surface area contributed by atoms with E-state index in [2.05, 4.69) is 5.32 Å². The molecule has 3 aliphatic heterocycles. The number of fused-ring (bicyclic) bond motifs is 3. The normalized spacial score (nSPS) is 16.3. The van der Waals surface area contributed by atoms with E-state index >= 15 is 0 Å². The molecule has 0 bridgehead atoms. The van der Waals surface area contributed by atoms with Gasteiger partial charge in [0.25, 0.3) is 11.8 Å². The van der Waals surface area contributed by atoms with Gasteiger partial charge in [-0.3, -0.25) is 38.6 Å². The zero-order chi connectivity index (χ0) is 87.5. The van der Waals surface area contributed by atoms with Crippen LogP contribution in [0.1, 0.15) is 222 Å². The van der Waals surface area contributed by atoms with Gasteiger partial charge in [0, 0.05) is 50.8 Å². The number of carbonyl (C=O) groups excluding carboxylic acids is 6. The first-order valence-corrected chi connectivity index (χ1v) is 40.4. The molecule has 3 saturated carbocycles. The molecule has 3 aliphatic carbocycles. The molecule has 0 spiro atoms. The first-order chi connectivity index (χ1) is 56.5. The Bertz CT molecular complexity index is 4690. The van der Waals surface area contributed by atoms with Gasteiger partial charge in [0.15, 0.2) is 0 Å². The molecule has 3 atom stereocenters. The zero-order valence-corrected chi connectivity index (χ0v) is 69.1. The summed E-state index contributed by atoms with van der Waals surface area (Å²) in [6, 6.07) is 25.4. The maximum absolute atomic E-state index is 13.9. The van der Waals surface area contributed by atoms with Crippen molar-refractivity contribution in [1.29, 1.82) is 0 Å². The van der Waals surface area contributed by atoms with Crippen molar-refractivity contribution in [3.8, 4) is 17.2 Å². The second-order valence-electron chi connectivity index (χ2n) is 33.2. The molecule has 3 heterocycles. The van der Waals surface area contributed by atoms with Crippen molar-refractivity contribution < 1.29 is 117 Å². The minimum absolute atomic E-state index is 0.00407. The van der Waals surface area contributed by atoms with Crippen LogP contribution in [0.15, 0.2) is 109 Å². The lowest BCUT2D eigenvalue weighted by Gasteiger charge is -2.32. The van der Waals surface area contributed by atoms with E-state index in [0.29, 0.717) is 100 Å². The number of methoxy groups -OCH3 is 1. The molecular formula is C89H105F9N6O16. The van der Waals surface area contributed by atoms with Gasteiger partial charge in [-0.25, -0.2) is 9.59 Å². The lowest BCUT2D eigenvalue weighted by Crippen LogP contribution is -2.51. The summed E-state index contributed by atoms with van der Waals surface area (Å²) in [6.45, 7) is 11.0. The highest BCUT2D eigenvalue weighted by Crippen LogP contribution is 2.47. The number of nitrogens with zero attached hydrogens (tertiary/aromatic N) is 5. The Morgan fingerprint density at radius 1 is 0.433 bits per heavy atom. The zero-order valence-electron chi connectivity index (χ0n) is 69.1. The maximum Gasteiger partial charge on any atom is 0.416 e. The third-order valence-corrected chi connectivity index (χ3v) is 22.4. The second-order valence-corrected chi connectivity index (χ2v) is 33.2. The number of carboxylic acids is 2. The lowest BCUT2D eigenvalue weighted by molar-refractivity contribution is -0.144. The van der Waals surface area contributed by atoms with E-state index in [4.69, 9.17) is 33.5 Å². The number of halogens is 9. The number of amides is 5. The smallest absolute Gasteiger partial charge is 0.416 e. The predicted molar refractivity (Wildman–Crippen MR) is 428 cm³/mol. The molecule has 22 nitrogen and oxygen atoms in total.